The molecular formula is C8H13NO3. The lowest BCUT2D eigenvalue weighted by molar-refractivity contribution is -0.149. The topological polar surface area (TPSA) is 55.4 Å². The Balaban J connectivity index is 2.20. The number of hydrogen-bond donors (Lipinski definition) is 1. The molecule has 0 bridgehead atoms. The quantitative estimate of drug-likeness (QED) is 0.598. The van der Waals surface area contributed by atoms with E-state index < -0.39 is 0 Å². The van der Waals surface area contributed by atoms with Crippen LogP contribution in [0.15, 0.2) is 0 Å². The highest BCUT2D eigenvalue weighted by Crippen LogP contribution is 2.28. The van der Waals surface area contributed by atoms with E-state index in [1.54, 1.807) is 0 Å². The Morgan fingerprint density at radius 3 is 2.42 bits per heavy atom. The zero-order chi connectivity index (χ0) is 9.14. The molecule has 1 saturated carbocycles. The first-order chi connectivity index (χ1) is 5.63. The molecular weight excluding hydrogens is 158 g/mol. The Morgan fingerprint density at radius 1 is 1.42 bits per heavy atom. The van der Waals surface area contributed by atoms with E-state index in [-0.39, 0.29) is 23.8 Å². The van der Waals surface area contributed by atoms with Crippen LogP contribution in [-0.2, 0) is 14.3 Å². The maximum absolute atomic E-state index is 10.9. The molecule has 1 aliphatic rings. The fourth-order valence-corrected chi connectivity index (χ4v) is 1.38. The molecule has 4 heteroatoms. The molecule has 0 spiro atoms. The number of carbonyl (C=O) groups is 2. The number of hydrogen-bond acceptors (Lipinski definition) is 3. The van der Waals surface area contributed by atoms with Gasteiger partial charge in [0.2, 0.25) is 5.91 Å². The van der Waals surface area contributed by atoms with E-state index in [0.29, 0.717) is 12.8 Å². The Hall–Kier alpha value is -1.06. The van der Waals surface area contributed by atoms with Crippen LogP contribution in [-0.4, -0.2) is 25.0 Å². The standard InChI is InChI=1S/C8H13NO3/c1-5(10)9-7-3-6(4-7)8(11)12-2/h6-7H,3-4H2,1-2H3,(H,9,10)/t6-,7-. The van der Waals surface area contributed by atoms with Crippen molar-refractivity contribution in [1.82, 2.24) is 5.32 Å². The van der Waals surface area contributed by atoms with Crippen molar-refractivity contribution in [3.8, 4) is 0 Å². The summed E-state index contributed by atoms with van der Waals surface area (Å²) in [6, 6.07) is 0.173. The highest BCUT2D eigenvalue weighted by molar-refractivity contribution is 5.76. The zero-order valence-electron chi connectivity index (χ0n) is 7.29. The van der Waals surface area contributed by atoms with E-state index in [0.717, 1.165) is 0 Å². The normalized spacial score (nSPS) is 27.2. The number of rotatable bonds is 2. The van der Waals surface area contributed by atoms with Gasteiger partial charge in [0, 0.05) is 13.0 Å². The minimum absolute atomic E-state index is 0.00755. The molecule has 1 aliphatic carbocycles. The summed E-state index contributed by atoms with van der Waals surface area (Å²) in [7, 11) is 1.38. The van der Waals surface area contributed by atoms with Gasteiger partial charge < -0.3 is 10.1 Å². The van der Waals surface area contributed by atoms with E-state index in [4.69, 9.17) is 0 Å². The summed E-state index contributed by atoms with van der Waals surface area (Å²) in [5.74, 6) is -0.216. The summed E-state index contributed by atoms with van der Waals surface area (Å²) < 4.78 is 4.56. The van der Waals surface area contributed by atoms with Gasteiger partial charge in [-0.3, -0.25) is 9.59 Å². The fourth-order valence-electron chi connectivity index (χ4n) is 1.38. The summed E-state index contributed by atoms with van der Waals surface area (Å²) in [6.45, 7) is 1.48. The third kappa shape index (κ3) is 1.96. The highest BCUT2D eigenvalue weighted by Gasteiger charge is 2.35. The van der Waals surface area contributed by atoms with Crippen LogP contribution in [0.4, 0.5) is 0 Å². The number of methoxy groups -OCH3 is 1. The molecule has 1 amide bonds. The number of ether oxygens (including phenoxy) is 1. The molecule has 4 nitrogen and oxygen atoms in total. The molecule has 0 heterocycles. The fraction of sp³-hybridized carbons (Fsp3) is 0.750. The molecule has 0 aliphatic heterocycles. The van der Waals surface area contributed by atoms with Gasteiger partial charge in [-0.05, 0) is 12.8 Å². The summed E-state index contributed by atoms with van der Waals surface area (Å²) in [4.78, 5) is 21.5. The predicted molar refractivity (Wildman–Crippen MR) is 42.3 cm³/mol. The number of carbonyl (C=O) groups excluding carboxylic acids is 2. The second-order valence-corrected chi connectivity index (χ2v) is 3.09. The van der Waals surface area contributed by atoms with E-state index in [9.17, 15) is 9.59 Å². The lowest BCUT2D eigenvalue weighted by Gasteiger charge is -2.33. The third-order valence-corrected chi connectivity index (χ3v) is 2.08. The highest BCUT2D eigenvalue weighted by atomic mass is 16.5. The average molecular weight is 171 g/mol. The molecule has 0 radical (unpaired) electrons. The molecule has 0 aromatic carbocycles. The molecule has 1 fully saturated rings. The van der Waals surface area contributed by atoms with Gasteiger partial charge in [0.05, 0.1) is 13.0 Å². The molecule has 0 unspecified atom stereocenters. The Kier molecular flexibility index (Phi) is 2.68. The van der Waals surface area contributed by atoms with Crippen molar-refractivity contribution in [2.24, 2.45) is 5.92 Å². The van der Waals surface area contributed by atoms with Gasteiger partial charge in [0.1, 0.15) is 0 Å². The summed E-state index contributed by atoms with van der Waals surface area (Å²) in [6.07, 6.45) is 1.43. The second kappa shape index (κ2) is 3.56. The van der Waals surface area contributed by atoms with Crippen molar-refractivity contribution in [3.05, 3.63) is 0 Å². The van der Waals surface area contributed by atoms with E-state index >= 15 is 0 Å². The van der Waals surface area contributed by atoms with Gasteiger partial charge in [0.15, 0.2) is 0 Å². The molecule has 0 saturated heterocycles. The van der Waals surface area contributed by atoms with Gasteiger partial charge in [-0.1, -0.05) is 0 Å². The molecule has 12 heavy (non-hydrogen) atoms. The van der Waals surface area contributed by atoms with Crippen LogP contribution < -0.4 is 5.32 Å². The lowest BCUT2D eigenvalue weighted by atomic mass is 9.80. The van der Waals surface area contributed by atoms with Crippen molar-refractivity contribution in [1.29, 1.82) is 0 Å². The monoisotopic (exact) mass is 171 g/mol. The van der Waals surface area contributed by atoms with Crippen molar-refractivity contribution in [2.75, 3.05) is 7.11 Å². The molecule has 0 aromatic rings. The molecule has 68 valence electrons. The molecule has 1 rings (SSSR count). The second-order valence-electron chi connectivity index (χ2n) is 3.09. The largest absolute Gasteiger partial charge is 0.469 e. The van der Waals surface area contributed by atoms with E-state index in [2.05, 4.69) is 10.1 Å². The zero-order valence-corrected chi connectivity index (χ0v) is 7.29. The maximum Gasteiger partial charge on any atom is 0.308 e. The molecule has 1 N–H and O–H groups in total. The predicted octanol–water partition coefficient (Wildman–Crippen LogP) is 0.0741. The SMILES string of the molecule is COC(=O)[C@H]1C[C@H](NC(C)=O)C1. The van der Waals surface area contributed by atoms with Gasteiger partial charge in [-0.25, -0.2) is 0 Å². The summed E-state index contributed by atoms with van der Waals surface area (Å²) in [5.41, 5.74) is 0. The summed E-state index contributed by atoms with van der Waals surface area (Å²) >= 11 is 0. The number of nitrogens with one attached hydrogen (secondary N) is 1. The Bertz CT molecular complexity index is 196. The lowest BCUT2D eigenvalue weighted by Crippen LogP contribution is -2.46. The van der Waals surface area contributed by atoms with E-state index in [1.165, 1.54) is 14.0 Å². The van der Waals surface area contributed by atoms with Gasteiger partial charge in [-0.2, -0.15) is 0 Å². The van der Waals surface area contributed by atoms with Crippen LogP contribution in [0, 0.1) is 5.92 Å². The first-order valence-electron chi connectivity index (χ1n) is 3.98. The van der Waals surface area contributed by atoms with Crippen LogP contribution in [0.2, 0.25) is 0 Å². The van der Waals surface area contributed by atoms with Crippen molar-refractivity contribution >= 4 is 11.9 Å². The van der Waals surface area contributed by atoms with Crippen LogP contribution in [0.5, 0.6) is 0 Å². The molecule has 0 atom stereocenters. The van der Waals surface area contributed by atoms with Gasteiger partial charge in [0.25, 0.3) is 0 Å². The Morgan fingerprint density at radius 2 is 2.00 bits per heavy atom. The van der Waals surface area contributed by atoms with Crippen molar-refractivity contribution in [3.63, 3.8) is 0 Å². The first kappa shape index (κ1) is 9.03. The van der Waals surface area contributed by atoms with Crippen LogP contribution >= 0.6 is 0 Å². The van der Waals surface area contributed by atoms with Crippen molar-refractivity contribution in [2.45, 2.75) is 25.8 Å². The van der Waals surface area contributed by atoms with Crippen molar-refractivity contribution < 1.29 is 14.3 Å². The average Bonchev–Trinajstić information content (AvgIpc) is 1.94. The molecule has 0 aromatic heterocycles. The Labute approximate surface area is 71.3 Å². The van der Waals surface area contributed by atoms with Gasteiger partial charge in [-0.15, -0.1) is 0 Å². The van der Waals surface area contributed by atoms with Gasteiger partial charge >= 0.3 is 5.97 Å². The number of amides is 1. The minimum Gasteiger partial charge on any atom is -0.469 e. The third-order valence-electron chi connectivity index (χ3n) is 2.08. The van der Waals surface area contributed by atoms with Crippen LogP contribution in [0.1, 0.15) is 19.8 Å². The number of esters is 1. The first-order valence-corrected chi connectivity index (χ1v) is 3.98. The smallest absolute Gasteiger partial charge is 0.308 e. The van der Waals surface area contributed by atoms with Crippen LogP contribution in [0.25, 0.3) is 0 Å². The minimum atomic E-state index is -0.170. The summed E-state index contributed by atoms with van der Waals surface area (Å²) in [5, 5.41) is 2.74. The maximum atomic E-state index is 10.9. The van der Waals surface area contributed by atoms with Crippen LogP contribution in [0.3, 0.4) is 0 Å². The van der Waals surface area contributed by atoms with E-state index in [1.807, 2.05) is 0 Å².